The maximum absolute atomic E-state index is 15.0. The van der Waals surface area contributed by atoms with E-state index in [0.717, 1.165) is 49.2 Å². The van der Waals surface area contributed by atoms with Crippen LogP contribution in [0.25, 0.3) is 22.0 Å². The van der Waals surface area contributed by atoms with E-state index in [9.17, 15) is 28.0 Å². The van der Waals surface area contributed by atoms with Crippen LogP contribution < -0.4 is 9.84 Å². The number of hydrogen-bond acceptors (Lipinski definition) is 11. The number of carbonyl (C=O) groups excluding carboxylic acids is 1. The number of nitrogens with one attached hydrogen (secondary N) is 1. The van der Waals surface area contributed by atoms with E-state index in [-0.39, 0.29) is 47.4 Å². The Balaban J connectivity index is 1.19. The molecule has 1 unspecified atom stereocenters. The SMILES string of the molecule is CCOC1CCC(n2cc(NC(=O)c3csc(-c4cnn(COP(=O)(Oc5ccccc5)N(C(C)C)[C@H](C)C(=O)O)c4)n3)c(-c3nc(F)ccc3F)n2)CC1. The van der Waals surface area contributed by atoms with Crippen LogP contribution >= 0.6 is 19.1 Å². The maximum atomic E-state index is 15.0. The molecule has 0 radical (unpaired) electrons. The number of carboxylic acids is 1. The summed E-state index contributed by atoms with van der Waals surface area (Å²) < 4.78 is 65.0. The molecular formula is C36H41F2N8O7PS. The number of halogens is 2. The van der Waals surface area contributed by atoms with Crippen molar-refractivity contribution >= 4 is 36.6 Å². The van der Waals surface area contributed by atoms with E-state index >= 15 is 0 Å². The first-order valence-corrected chi connectivity index (χ1v) is 20.1. The van der Waals surface area contributed by atoms with Gasteiger partial charge in [0.05, 0.1) is 24.0 Å². The van der Waals surface area contributed by atoms with E-state index in [1.807, 2.05) is 6.92 Å². The smallest absolute Gasteiger partial charge is 0.464 e. The minimum atomic E-state index is -4.27. The quantitative estimate of drug-likeness (QED) is 0.0738. The Hall–Kier alpha value is -4.87. The fourth-order valence-electron chi connectivity index (χ4n) is 6.33. The highest BCUT2D eigenvalue weighted by Crippen LogP contribution is 2.54. The topological polar surface area (TPSA) is 176 Å². The molecule has 0 aliphatic heterocycles. The third-order valence-electron chi connectivity index (χ3n) is 8.94. The van der Waals surface area contributed by atoms with Crippen LogP contribution in [0.5, 0.6) is 5.75 Å². The molecule has 1 aliphatic carbocycles. The molecule has 4 heterocycles. The second-order valence-corrected chi connectivity index (χ2v) is 15.8. The number of thiazole rings is 1. The molecule has 0 saturated heterocycles. The number of aromatic nitrogens is 6. The first-order valence-electron chi connectivity index (χ1n) is 17.7. The summed E-state index contributed by atoms with van der Waals surface area (Å²) in [6, 6.07) is 8.37. The Morgan fingerprint density at radius 2 is 1.80 bits per heavy atom. The molecule has 15 nitrogen and oxygen atoms in total. The number of rotatable bonds is 16. The van der Waals surface area contributed by atoms with Crippen LogP contribution in [0.4, 0.5) is 14.5 Å². The number of carbonyl (C=O) groups is 2. The molecule has 292 valence electrons. The van der Waals surface area contributed by atoms with Gasteiger partial charge in [0.25, 0.3) is 5.91 Å². The zero-order valence-electron chi connectivity index (χ0n) is 30.5. The van der Waals surface area contributed by atoms with Crippen molar-refractivity contribution in [2.75, 3.05) is 11.9 Å². The molecule has 55 heavy (non-hydrogen) atoms. The highest BCUT2D eigenvalue weighted by molar-refractivity contribution is 7.51. The van der Waals surface area contributed by atoms with Crippen LogP contribution in [0.2, 0.25) is 0 Å². The molecule has 1 amide bonds. The molecule has 2 atom stereocenters. The predicted octanol–water partition coefficient (Wildman–Crippen LogP) is 7.66. The van der Waals surface area contributed by atoms with Crippen LogP contribution in [0.1, 0.15) is 69.9 Å². The van der Waals surface area contributed by atoms with Crippen LogP contribution in [0.15, 0.2) is 66.4 Å². The predicted molar refractivity (Wildman–Crippen MR) is 199 cm³/mol. The molecule has 0 bridgehead atoms. The number of anilines is 1. The largest absolute Gasteiger partial charge is 0.480 e. The molecule has 4 aromatic heterocycles. The number of benzene rings is 1. The average molecular weight is 799 g/mol. The summed E-state index contributed by atoms with van der Waals surface area (Å²) in [5, 5.41) is 23.3. The van der Waals surface area contributed by atoms with E-state index in [0.29, 0.717) is 17.2 Å². The minimum Gasteiger partial charge on any atom is -0.480 e. The van der Waals surface area contributed by atoms with Gasteiger partial charge in [0.15, 0.2) is 12.5 Å². The van der Waals surface area contributed by atoms with Crippen molar-refractivity contribution in [1.29, 1.82) is 0 Å². The van der Waals surface area contributed by atoms with Gasteiger partial charge in [-0.25, -0.2) is 23.6 Å². The zero-order chi connectivity index (χ0) is 39.3. The monoisotopic (exact) mass is 798 g/mol. The van der Waals surface area contributed by atoms with Gasteiger partial charge in [-0.15, -0.1) is 11.3 Å². The summed E-state index contributed by atoms with van der Waals surface area (Å²) >= 11 is 1.16. The number of nitrogens with zero attached hydrogens (tertiary/aromatic N) is 7. The Morgan fingerprint density at radius 3 is 2.49 bits per heavy atom. The number of amides is 1. The lowest BCUT2D eigenvalue weighted by Crippen LogP contribution is -2.42. The molecular weight excluding hydrogens is 757 g/mol. The van der Waals surface area contributed by atoms with Gasteiger partial charge in [-0.2, -0.15) is 19.3 Å². The molecule has 2 N–H and O–H groups in total. The fraction of sp³-hybridized carbons (Fsp3) is 0.389. The van der Waals surface area contributed by atoms with Crippen molar-refractivity contribution in [3.05, 3.63) is 83.9 Å². The molecule has 5 aromatic rings. The summed E-state index contributed by atoms with van der Waals surface area (Å²) in [5.41, 5.74) is 0.342. The number of aliphatic carboxylic acids is 1. The molecule has 1 saturated carbocycles. The minimum absolute atomic E-state index is 0.0173. The second-order valence-electron chi connectivity index (χ2n) is 13.1. The van der Waals surface area contributed by atoms with E-state index in [1.165, 1.54) is 27.9 Å². The number of carboxylic acid groups (broad SMARTS) is 1. The van der Waals surface area contributed by atoms with Gasteiger partial charge in [-0.05, 0) is 77.6 Å². The summed E-state index contributed by atoms with van der Waals surface area (Å²) in [6.45, 7) is 6.97. The Morgan fingerprint density at radius 1 is 1.05 bits per heavy atom. The molecule has 6 rings (SSSR count). The Kier molecular flexibility index (Phi) is 12.5. The number of para-hydroxylation sites is 1. The van der Waals surface area contributed by atoms with Gasteiger partial charge < -0.3 is 19.7 Å². The molecule has 0 spiro atoms. The lowest BCUT2D eigenvalue weighted by molar-refractivity contribution is -0.141. The van der Waals surface area contributed by atoms with Crippen molar-refractivity contribution in [3.8, 4) is 27.7 Å². The van der Waals surface area contributed by atoms with E-state index in [4.69, 9.17) is 13.8 Å². The summed E-state index contributed by atoms with van der Waals surface area (Å²) in [5.74, 6) is -3.28. The van der Waals surface area contributed by atoms with E-state index < -0.39 is 43.5 Å². The molecule has 1 aliphatic rings. The maximum Gasteiger partial charge on any atom is 0.464 e. The fourth-order valence-corrected chi connectivity index (χ4v) is 9.12. The van der Waals surface area contributed by atoms with E-state index in [1.54, 1.807) is 61.3 Å². The van der Waals surface area contributed by atoms with Crippen molar-refractivity contribution in [3.63, 3.8) is 0 Å². The molecule has 1 aromatic carbocycles. The van der Waals surface area contributed by atoms with Gasteiger partial charge in [0.2, 0.25) is 5.95 Å². The second kappa shape index (κ2) is 17.3. The summed E-state index contributed by atoms with van der Waals surface area (Å²) in [7, 11) is -4.27. The first kappa shape index (κ1) is 39.8. The third-order valence-corrected chi connectivity index (χ3v) is 12.1. The lowest BCUT2D eigenvalue weighted by atomic mass is 9.93. The molecule has 1 fully saturated rings. The number of ether oxygens (including phenoxy) is 1. The van der Waals surface area contributed by atoms with Crippen molar-refractivity contribution in [1.82, 2.24) is 34.2 Å². The van der Waals surface area contributed by atoms with Crippen LogP contribution in [0.3, 0.4) is 0 Å². The van der Waals surface area contributed by atoms with Crippen molar-refractivity contribution in [2.24, 2.45) is 0 Å². The Labute approximate surface area is 319 Å². The first-order chi connectivity index (χ1) is 26.3. The average Bonchev–Trinajstić information content (AvgIpc) is 3.93. The lowest BCUT2D eigenvalue weighted by Gasteiger charge is -2.35. The third kappa shape index (κ3) is 9.33. The summed E-state index contributed by atoms with van der Waals surface area (Å²) in [6.07, 6.45) is 7.92. The number of pyridine rings is 1. The van der Waals surface area contributed by atoms with E-state index in [2.05, 4.69) is 25.5 Å². The van der Waals surface area contributed by atoms with Gasteiger partial charge in [-0.3, -0.25) is 18.8 Å². The highest BCUT2D eigenvalue weighted by Gasteiger charge is 2.43. The van der Waals surface area contributed by atoms with Crippen molar-refractivity contribution in [2.45, 2.75) is 84.3 Å². The van der Waals surface area contributed by atoms with Gasteiger partial charge in [0, 0.05) is 36.0 Å². The van der Waals surface area contributed by atoms with Gasteiger partial charge in [0.1, 0.15) is 33.9 Å². The van der Waals surface area contributed by atoms with Crippen LogP contribution in [0, 0.1) is 11.8 Å². The van der Waals surface area contributed by atoms with Gasteiger partial charge >= 0.3 is 13.7 Å². The van der Waals surface area contributed by atoms with Crippen molar-refractivity contribution < 1.29 is 41.8 Å². The number of hydrogen-bond donors (Lipinski definition) is 2. The van der Waals surface area contributed by atoms with Crippen LogP contribution in [-0.4, -0.2) is 76.0 Å². The molecule has 19 heteroatoms. The standard InChI is InChI=1S/C36H41F2N8O7PS/c1-5-51-26-13-11-25(12-14-26)45-19-29(33(43-45)32-28(37)15-16-31(38)42-32)40-34(47)30-20-55-35(41-30)24-17-39-44(18-24)21-52-54(50,53-27-9-7-6-8-10-27)46(22(2)3)23(4)36(48)49/h6-10,15-20,22-23,25-26H,5,11-14,21H2,1-4H3,(H,40,47)(H,48,49)/t23-,25?,26?,54?/m1/s1. The Bertz CT molecular complexity index is 2160. The van der Waals surface area contributed by atoms with Crippen LogP contribution in [-0.2, 0) is 25.4 Å². The highest BCUT2D eigenvalue weighted by atomic mass is 32.1. The zero-order valence-corrected chi connectivity index (χ0v) is 32.3. The normalized spacial score (nSPS) is 17.6. The van der Waals surface area contributed by atoms with Gasteiger partial charge in [-0.1, -0.05) is 18.2 Å². The summed E-state index contributed by atoms with van der Waals surface area (Å²) in [4.78, 5) is 33.7.